The Hall–Kier alpha value is -5.79. The van der Waals surface area contributed by atoms with E-state index in [4.69, 9.17) is 14.7 Å². The number of nitrogens with zero attached hydrogens (tertiary/aromatic N) is 3. The second kappa shape index (κ2) is 12.5. The lowest BCUT2D eigenvalue weighted by molar-refractivity contribution is 0.380. The van der Waals surface area contributed by atoms with E-state index in [1.165, 1.54) is 39.0 Å². The Labute approximate surface area is 305 Å². The van der Waals surface area contributed by atoms with Gasteiger partial charge in [-0.3, -0.25) is 0 Å². The van der Waals surface area contributed by atoms with Crippen molar-refractivity contribution in [2.45, 2.75) is 56.3 Å². The number of rotatable bonds is 4. The number of nitriles is 1. The quantitative estimate of drug-likeness (QED) is 0.277. The van der Waals surface area contributed by atoms with Gasteiger partial charge in [0.15, 0.2) is 5.82 Å². The average molecular weight is 674 g/mol. The molecule has 1 aromatic heterocycles. The molecule has 7 aliphatic rings. The predicted molar refractivity (Wildman–Crippen MR) is 208 cm³/mol. The Kier molecular flexibility index (Phi) is 7.43. The Morgan fingerprint density at radius 3 is 2.52 bits per heavy atom. The SMILES string of the molecule is N#CC1C=CC2=C(C1)C1(C3=CC(c4nc(C5=CC=CCC5)c(C5C=CC=CC5)c(-c5ccccc5)n4)=CCC32)C2=C(C=CCC2)Oc2ccccc21. The first-order valence-electron chi connectivity index (χ1n) is 18.8. The summed E-state index contributed by atoms with van der Waals surface area (Å²) in [7, 11) is 0. The maximum atomic E-state index is 10.2. The van der Waals surface area contributed by atoms with Crippen LogP contribution in [0.2, 0.25) is 0 Å². The summed E-state index contributed by atoms with van der Waals surface area (Å²) in [6, 6.07) is 21.8. The van der Waals surface area contributed by atoms with Gasteiger partial charge in [0.2, 0.25) is 0 Å². The molecule has 2 heterocycles. The van der Waals surface area contributed by atoms with Crippen LogP contribution in [-0.4, -0.2) is 9.97 Å². The van der Waals surface area contributed by atoms with E-state index in [2.05, 4.69) is 140 Å². The third-order valence-electron chi connectivity index (χ3n) is 12.0. The maximum absolute atomic E-state index is 10.2. The topological polar surface area (TPSA) is 58.8 Å². The van der Waals surface area contributed by atoms with Crippen molar-refractivity contribution in [3.8, 4) is 23.1 Å². The minimum absolute atomic E-state index is 0.157. The van der Waals surface area contributed by atoms with Gasteiger partial charge in [-0.05, 0) is 85.0 Å². The van der Waals surface area contributed by atoms with Crippen LogP contribution in [0.5, 0.6) is 5.75 Å². The minimum atomic E-state index is -0.477. The molecular weight excluding hydrogens is 635 g/mol. The Morgan fingerprint density at radius 2 is 1.67 bits per heavy atom. The summed E-state index contributed by atoms with van der Waals surface area (Å²) in [4.78, 5) is 11.1. The fourth-order valence-electron chi connectivity index (χ4n) is 9.74. The highest BCUT2D eigenvalue weighted by atomic mass is 16.5. The Bertz CT molecular complexity index is 2380. The fourth-order valence-corrected chi connectivity index (χ4v) is 9.74. The van der Waals surface area contributed by atoms with Crippen LogP contribution in [0.25, 0.3) is 22.4 Å². The number of para-hydroxylation sites is 1. The summed E-state index contributed by atoms with van der Waals surface area (Å²) in [5.41, 5.74) is 12.9. The summed E-state index contributed by atoms with van der Waals surface area (Å²) in [5.74, 6) is 2.88. The number of hydrogen-bond donors (Lipinski definition) is 0. The molecule has 0 saturated carbocycles. The molecule has 2 aromatic carbocycles. The molecule has 6 aliphatic carbocycles. The second-order valence-electron chi connectivity index (χ2n) is 14.8. The number of hydrogen-bond acceptors (Lipinski definition) is 4. The molecule has 3 aromatic rings. The van der Waals surface area contributed by atoms with Crippen molar-refractivity contribution >= 4 is 11.1 Å². The van der Waals surface area contributed by atoms with Gasteiger partial charge in [0, 0.05) is 34.1 Å². The van der Waals surface area contributed by atoms with E-state index in [1.807, 2.05) is 0 Å². The van der Waals surface area contributed by atoms with Crippen LogP contribution in [0.3, 0.4) is 0 Å². The van der Waals surface area contributed by atoms with Gasteiger partial charge in [-0.2, -0.15) is 5.26 Å². The summed E-state index contributed by atoms with van der Waals surface area (Å²) in [6.45, 7) is 0. The van der Waals surface area contributed by atoms with Crippen molar-refractivity contribution in [2.24, 2.45) is 11.8 Å². The molecule has 0 fully saturated rings. The number of ether oxygens (including phenoxy) is 1. The van der Waals surface area contributed by atoms with E-state index in [0.29, 0.717) is 0 Å². The smallest absolute Gasteiger partial charge is 0.160 e. The molecule has 4 nitrogen and oxygen atoms in total. The lowest BCUT2D eigenvalue weighted by Gasteiger charge is -2.45. The maximum Gasteiger partial charge on any atom is 0.160 e. The molecular formula is C48H39N3O. The Balaban J connectivity index is 1.21. The first-order chi connectivity index (χ1) is 25.7. The standard InChI is InChI=1S/C48H39N3O/c49-30-31-24-26-36-37-27-25-35(29-41(37)48(40(36)28-31)38-20-10-12-22-42(38)52-43-23-13-11-21-39(43)48)47-50-45(33-16-6-2-7-17-33)44(32-14-4-1-5-15-32)46(51-47)34-18-8-3-9-19-34/h1-8,10,12-14,16-18,20,22-26,29,31-32,37H,9,11,15,19,21,27-28H2. The first-order valence-corrected chi connectivity index (χ1v) is 18.8. The van der Waals surface area contributed by atoms with Gasteiger partial charge in [0.1, 0.15) is 11.5 Å². The van der Waals surface area contributed by atoms with Crippen molar-refractivity contribution in [1.82, 2.24) is 9.97 Å². The molecule has 252 valence electrons. The van der Waals surface area contributed by atoms with Gasteiger partial charge in [0.25, 0.3) is 0 Å². The molecule has 4 unspecified atom stereocenters. The zero-order chi connectivity index (χ0) is 34.6. The molecule has 0 N–H and O–H groups in total. The monoisotopic (exact) mass is 673 g/mol. The fraction of sp³-hybridized carbons (Fsp3) is 0.229. The van der Waals surface area contributed by atoms with Crippen molar-refractivity contribution in [3.63, 3.8) is 0 Å². The van der Waals surface area contributed by atoms with E-state index in [9.17, 15) is 5.26 Å². The summed E-state index contributed by atoms with van der Waals surface area (Å²) < 4.78 is 6.66. The Morgan fingerprint density at radius 1 is 0.808 bits per heavy atom. The van der Waals surface area contributed by atoms with Crippen molar-refractivity contribution < 1.29 is 4.74 Å². The number of benzene rings is 2. The zero-order valence-electron chi connectivity index (χ0n) is 29.1. The molecule has 0 amide bonds. The van der Waals surface area contributed by atoms with Gasteiger partial charge >= 0.3 is 0 Å². The number of fused-ring (bicyclic) bond motifs is 7. The molecule has 0 saturated heterocycles. The van der Waals surface area contributed by atoms with Crippen molar-refractivity contribution in [1.29, 1.82) is 5.26 Å². The van der Waals surface area contributed by atoms with Crippen molar-refractivity contribution in [3.05, 3.63) is 184 Å². The highest BCUT2D eigenvalue weighted by molar-refractivity contribution is 5.83. The lowest BCUT2D eigenvalue weighted by atomic mass is 9.60. The van der Waals surface area contributed by atoms with Crippen LogP contribution in [0.1, 0.15) is 73.5 Å². The van der Waals surface area contributed by atoms with Crippen LogP contribution in [0, 0.1) is 23.2 Å². The molecule has 0 radical (unpaired) electrons. The van der Waals surface area contributed by atoms with Gasteiger partial charge < -0.3 is 4.74 Å². The van der Waals surface area contributed by atoms with Crippen LogP contribution < -0.4 is 4.74 Å². The summed E-state index contributed by atoms with van der Waals surface area (Å²) in [5, 5.41) is 10.2. The first kappa shape index (κ1) is 31.0. The number of allylic oxidation sites excluding steroid dienone is 19. The largest absolute Gasteiger partial charge is 0.457 e. The van der Waals surface area contributed by atoms with Gasteiger partial charge in [-0.25, -0.2) is 9.97 Å². The van der Waals surface area contributed by atoms with Crippen LogP contribution in [0.15, 0.2) is 162 Å². The highest BCUT2D eigenvalue weighted by Gasteiger charge is 2.57. The highest BCUT2D eigenvalue weighted by Crippen LogP contribution is 2.65. The third-order valence-corrected chi connectivity index (χ3v) is 12.0. The second-order valence-corrected chi connectivity index (χ2v) is 14.8. The molecule has 4 atom stereocenters. The van der Waals surface area contributed by atoms with Crippen LogP contribution in [0.4, 0.5) is 0 Å². The van der Waals surface area contributed by atoms with Gasteiger partial charge in [-0.15, -0.1) is 0 Å². The molecule has 1 spiro atoms. The van der Waals surface area contributed by atoms with E-state index < -0.39 is 5.41 Å². The van der Waals surface area contributed by atoms with Gasteiger partial charge in [0.05, 0.1) is 28.8 Å². The predicted octanol–water partition coefficient (Wildman–Crippen LogP) is 11.2. The summed E-state index contributed by atoms with van der Waals surface area (Å²) in [6.07, 6.45) is 35.5. The molecule has 0 bridgehead atoms. The minimum Gasteiger partial charge on any atom is -0.457 e. The van der Waals surface area contributed by atoms with E-state index in [1.54, 1.807) is 0 Å². The van der Waals surface area contributed by atoms with Crippen LogP contribution in [-0.2, 0) is 5.41 Å². The summed E-state index contributed by atoms with van der Waals surface area (Å²) >= 11 is 0. The van der Waals surface area contributed by atoms with Crippen LogP contribution >= 0.6 is 0 Å². The lowest BCUT2D eigenvalue weighted by Crippen LogP contribution is -2.38. The molecule has 4 heteroatoms. The van der Waals surface area contributed by atoms with E-state index in [-0.39, 0.29) is 17.8 Å². The third kappa shape index (κ3) is 4.72. The molecule has 1 aliphatic heterocycles. The zero-order valence-corrected chi connectivity index (χ0v) is 29.1. The van der Waals surface area contributed by atoms with Crippen molar-refractivity contribution in [2.75, 3.05) is 0 Å². The van der Waals surface area contributed by atoms with E-state index >= 15 is 0 Å². The normalized spacial score (nSPS) is 26.5. The number of aromatic nitrogens is 2. The average Bonchev–Trinajstić information content (AvgIpc) is 3.50. The van der Waals surface area contributed by atoms with E-state index in [0.717, 1.165) is 84.8 Å². The van der Waals surface area contributed by atoms with Gasteiger partial charge in [-0.1, -0.05) is 121 Å². The molecule has 10 rings (SSSR count). The molecule has 52 heavy (non-hydrogen) atoms.